The molecular formula is C34H32F2N4O2S. The molecule has 6 aromatic rings. The summed E-state index contributed by atoms with van der Waals surface area (Å²) in [6, 6.07) is 27.5. The summed E-state index contributed by atoms with van der Waals surface area (Å²) >= 11 is 0. The molecule has 1 N–H and O–H groups in total. The average Bonchev–Trinajstić information content (AvgIpc) is 3.58. The fourth-order valence-corrected chi connectivity index (χ4v) is 6.86. The van der Waals surface area contributed by atoms with Gasteiger partial charge in [-0.1, -0.05) is 66.7 Å². The van der Waals surface area contributed by atoms with Crippen molar-refractivity contribution in [3.8, 4) is 11.3 Å². The molecule has 0 unspecified atom stereocenters. The predicted octanol–water partition coefficient (Wildman–Crippen LogP) is 6.88. The maximum atomic E-state index is 16.7. The van der Waals surface area contributed by atoms with Crippen molar-refractivity contribution in [1.29, 1.82) is 0 Å². The van der Waals surface area contributed by atoms with Gasteiger partial charge in [0.1, 0.15) is 0 Å². The summed E-state index contributed by atoms with van der Waals surface area (Å²) in [6.45, 7) is 3.48. The predicted molar refractivity (Wildman–Crippen MR) is 167 cm³/mol. The number of benzene rings is 4. The Balaban J connectivity index is 1.44. The van der Waals surface area contributed by atoms with Crippen molar-refractivity contribution < 1.29 is 17.2 Å². The van der Waals surface area contributed by atoms with E-state index in [4.69, 9.17) is 0 Å². The van der Waals surface area contributed by atoms with Crippen molar-refractivity contribution in [3.63, 3.8) is 0 Å². The smallest absolute Gasteiger partial charge is 0.283 e. The zero-order chi connectivity index (χ0) is 30.0. The van der Waals surface area contributed by atoms with Crippen LogP contribution < -0.4 is 5.32 Å². The number of rotatable bonds is 11. The molecule has 0 saturated heterocycles. The molecule has 0 fully saturated rings. The van der Waals surface area contributed by atoms with Crippen LogP contribution in [-0.2, 0) is 23.0 Å². The number of aromatic nitrogens is 3. The van der Waals surface area contributed by atoms with E-state index >= 15 is 4.39 Å². The van der Waals surface area contributed by atoms with Crippen LogP contribution in [0, 0.1) is 12.7 Å². The van der Waals surface area contributed by atoms with E-state index in [2.05, 4.69) is 22.5 Å². The Morgan fingerprint density at radius 3 is 2.28 bits per heavy atom. The summed E-state index contributed by atoms with van der Waals surface area (Å²) in [4.78, 5) is 0.109. The molecule has 43 heavy (non-hydrogen) atoms. The van der Waals surface area contributed by atoms with Crippen LogP contribution in [0.4, 0.5) is 8.78 Å². The van der Waals surface area contributed by atoms with Gasteiger partial charge in [0.15, 0.2) is 5.82 Å². The zero-order valence-electron chi connectivity index (χ0n) is 23.8. The van der Waals surface area contributed by atoms with E-state index in [-0.39, 0.29) is 11.6 Å². The van der Waals surface area contributed by atoms with E-state index in [1.165, 1.54) is 18.3 Å². The number of nitrogens with zero attached hydrogens (tertiary/aromatic N) is 3. The number of nitrogens with one attached hydrogen (secondary N) is 1. The maximum Gasteiger partial charge on any atom is 0.283 e. The number of hydrogen-bond donors (Lipinski definition) is 1. The molecule has 0 radical (unpaired) electrons. The summed E-state index contributed by atoms with van der Waals surface area (Å²) < 4.78 is 58.8. The van der Waals surface area contributed by atoms with Gasteiger partial charge in [0.05, 0.1) is 34.5 Å². The zero-order valence-corrected chi connectivity index (χ0v) is 24.6. The van der Waals surface area contributed by atoms with Gasteiger partial charge in [-0.05, 0) is 73.8 Å². The Bertz CT molecular complexity index is 2000. The minimum atomic E-state index is -3.98. The van der Waals surface area contributed by atoms with Gasteiger partial charge in [-0.15, -0.1) is 0 Å². The summed E-state index contributed by atoms with van der Waals surface area (Å²) in [5.41, 5.74) is 5.27. The highest BCUT2D eigenvalue weighted by molar-refractivity contribution is 7.90. The lowest BCUT2D eigenvalue weighted by molar-refractivity contribution is 0.460. The molecule has 6 rings (SSSR count). The van der Waals surface area contributed by atoms with E-state index in [1.807, 2.05) is 47.9 Å². The van der Waals surface area contributed by atoms with Crippen LogP contribution in [0.15, 0.2) is 102 Å². The van der Waals surface area contributed by atoms with Gasteiger partial charge < -0.3 is 9.88 Å². The van der Waals surface area contributed by atoms with Gasteiger partial charge in [0.25, 0.3) is 10.0 Å². The number of aryl methyl sites for hydroxylation is 1. The molecule has 0 aliphatic rings. The minimum absolute atomic E-state index is 0.109. The van der Waals surface area contributed by atoms with Gasteiger partial charge in [-0.2, -0.15) is 17.6 Å². The van der Waals surface area contributed by atoms with Crippen LogP contribution in [0.3, 0.4) is 0 Å². The lowest BCUT2D eigenvalue weighted by Gasteiger charge is -2.14. The second kappa shape index (κ2) is 12.1. The van der Waals surface area contributed by atoms with Gasteiger partial charge in [0.2, 0.25) is 0 Å². The number of halogens is 2. The third-order valence-corrected chi connectivity index (χ3v) is 9.41. The Morgan fingerprint density at radius 2 is 1.53 bits per heavy atom. The molecular weight excluding hydrogens is 566 g/mol. The van der Waals surface area contributed by atoms with Crippen molar-refractivity contribution in [2.75, 3.05) is 19.8 Å². The molecule has 0 atom stereocenters. The third-order valence-electron chi connectivity index (χ3n) is 7.80. The average molecular weight is 599 g/mol. The molecule has 0 aliphatic carbocycles. The van der Waals surface area contributed by atoms with Crippen LogP contribution in [-0.4, -0.2) is 41.9 Å². The standard InChI is InChI=1S/C34H32F2N4O2S/c1-24-8-5-6-11-28(24)34-33(36)32-29-22-38-40(43(41,42)27-9-3-2-4-10-27)30(29)16-17-31(32)39(34)23-26-14-12-25(13-15-26)18-21-37-20-7-19-35/h2-6,8-17,22,37H,7,18-21,23H2,1H3. The number of alkyl halides is 1. The van der Waals surface area contributed by atoms with Gasteiger partial charge in [-0.3, -0.25) is 4.39 Å². The van der Waals surface area contributed by atoms with E-state index in [0.29, 0.717) is 47.0 Å². The monoisotopic (exact) mass is 598 g/mol. The minimum Gasteiger partial charge on any atom is -0.333 e. The Hall–Kier alpha value is -4.34. The van der Waals surface area contributed by atoms with Crippen LogP contribution in [0.1, 0.15) is 23.1 Å². The number of fused-ring (bicyclic) bond motifs is 3. The first-order valence-electron chi connectivity index (χ1n) is 14.3. The highest BCUT2D eigenvalue weighted by Gasteiger charge is 2.26. The molecule has 4 aromatic carbocycles. The molecule has 0 spiro atoms. The molecule has 0 bridgehead atoms. The topological polar surface area (TPSA) is 68.9 Å². The highest BCUT2D eigenvalue weighted by Crippen LogP contribution is 2.39. The molecule has 220 valence electrons. The second-order valence-corrected chi connectivity index (χ2v) is 12.4. The first-order valence-corrected chi connectivity index (χ1v) is 15.7. The Morgan fingerprint density at radius 1 is 0.837 bits per heavy atom. The maximum absolute atomic E-state index is 16.7. The van der Waals surface area contributed by atoms with E-state index in [9.17, 15) is 12.8 Å². The molecule has 0 saturated carbocycles. The largest absolute Gasteiger partial charge is 0.333 e. The SMILES string of the molecule is Cc1ccccc1-c1c(F)c2c3cnn(S(=O)(=O)c4ccccc4)c3ccc2n1Cc1ccc(CCNCCCF)cc1. The van der Waals surface area contributed by atoms with Crippen LogP contribution >= 0.6 is 0 Å². The Kier molecular flexibility index (Phi) is 8.10. The van der Waals surface area contributed by atoms with Crippen molar-refractivity contribution in [3.05, 3.63) is 120 Å². The molecule has 9 heteroatoms. The lowest BCUT2D eigenvalue weighted by atomic mass is 10.0. The fraction of sp³-hybridized carbons (Fsp3) is 0.206. The molecule has 0 aliphatic heterocycles. The number of hydrogen-bond acceptors (Lipinski definition) is 4. The molecule has 2 heterocycles. The van der Waals surface area contributed by atoms with Gasteiger partial charge in [-0.25, -0.2) is 4.39 Å². The normalized spacial score (nSPS) is 12.0. The summed E-state index contributed by atoms with van der Waals surface area (Å²) in [7, 11) is -3.98. The van der Waals surface area contributed by atoms with Crippen LogP contribution in [0.5, 0.6) is 0 Å². The fourth-order valence-electron chi connectivity index (χ4n) is 5.57. The summed E-state index contributed by atoms with van der Waals surface area (Å²) in [5, 5.41) is 8.24. The van der Waals surface area contributed by atoms with Crippen molar-refractivity contribution in [2.24, 2.45) is 0 Å². The van der Waals surface area contributed by atoms with Crippen LogP contribution in [0.2, 0.25) is 0 Å². The van der Waals surface area contributed by atoms with Crippen molar-refractivity contribution in [1.82, 2.24) is 19.1 Å². The molecule has 0 amide bonds. The highest BCUT2D eigenvalue weighted by atomic mass is 32.2. The molecule has 6 nitrogen and oxygen atoms in total. The Labute approximate surface area is 249 Å². The van der Waals surface area contributed by atoms with Crippen molar-refractivity contribution in [2.45, 2.75) is 31.2 Å². The van der Waals surface area contributed by atoms with Crippen LogP contribution in [0.25, 0.3) is 33.1 Å². The molecule has 2 aromatic heterocycles. The van der Waals surface area contributed by atoms with Gasteiger partial charge in [0, 0.05) is 22.9 Å². The first-order chi connectivity index (χ1) is 20.9. The lowest BCUT2D eigenvalue weighted by Crippen LogP contribution is -2.18. The van der Waals surface area contributed by atoms with Gasteiger partial charge >= 0.3 is 0 Å². The third kappa shape index (κ3) is 5.46. The summed E-state index contributed by atoms with van der Waals surface area (Å²) in [5.74, 6) is -0.414. The second-order valence-electron chi connectivity index (χ2n) is 10.6. The first kappa shape index (κ1) is 28.8. The van der Waals surface area contributed by atoms with Crippen molar-refractivity contribution >= 4 is 31.8 Å². The quantitative estimate of drug-likeness (QED) is 0.165. The van der Waals surface area contributed by atoms with E-state index in [1.54, 1.807) is 30.3 Å². The van der Waals surface area contributed by atoms with E-state index in [0.717, 1.165) is 39.3 Å². The summed E-state index contributed by atoms with van der Waals surface area (Å²) in [6.07, 6.45) is 2.78. The van der Waals surface area contributed by atoms with E-state index < -0.39 is 15.8 Å².